The molecule has 3 nitrogen and oxygen atoms in total. The average Bonchev–Trinajstić information content (AvgIpc) is 2.38. The first kappa shape index (κ1) is 16.0. The molecule has 0 aliphatic heterocycles. The standard InChI is InChI=1S/C16H29N3/c1-6-17-14(2)15-8-10-16(11-9-15)19(5)13-7-12-18(3)4/h8-11,14,17H,6-7,12-13H2,1-5H3. The highest BCUT2D eigenvalue weighted by atomic mass is 15.1. The predicted molar refractivity (Wildman–Crippen MR) is 85.0 cm³/mol. The minimum Gasteiger partial charge on any atom is -0.375 e. The van der Waals surface area contributed by atoms with Crippen LogP contribution in [0.5, 0.6) is 0 Å². The fourth-order valence-electron chi connectivity index (χ4n) is 2.19. The molecule has 0 amide bonds. The van der Waals surface area contributed by atoms with Crippen molar-refractivity contribution < 1.29 is 0 Å². The van der Waals surface area contributed by atoms with Crippen molar-refractivity contribution in [2.45, 2.75) is 26.3 Å². The molecular weight excluding hydrogens is 234 g/mol. The van der Waals surface area contributed by atoms with Crippen LogP contribution in [0.3, 0.4) is 0 Å². The molecule has 1 N–H and O–H groups in total. The Morgan fingerprint density at radius 1 is 1.05 bits per heavy atom. The molecule has 0 spiro atoms. The summed E-state index contributed by atoms with van der Waals surface area (Å²) in [5, 5.41) is 3.44. The van der Waals surface area contributed by atoms with Crippen molar-refractivity contribution in [1.82, 2.24) is 10.2 Å². The van der Waals surface area contributed by atoms with E-state index in [0.29, 0.717) is 6.04 Å². The zero-order valence-corrected chi connectivity index (χ0v) is 13.1. The highest BCUT2D eigenvalue weighted by molar-refractivity contribution is 5.47. The average molecular weight is 263 g/mol. The maximum Gasteiger partial charge on any atom is 0.0363 e. The van der Waals surface area contributed by atoms with Gasteiger partial charge in [-0.05, 0) is 58.2 Å². The topological polar surface area (TPSA) is 18.5 Å². The second kappa shape index (κ2) is 8.18. The van der Waals surface area contributed by atoms with Crippen LogP contribution in [0.4, 0.5) is 5.69 Å². The lowest BCUT2D eigenvalue weighted by molar-refractivity contribution is 0.401. The lowest BCUT2D eigenvalue weighted by Crippen LogP contribution is -2.23. The molecule has 1 rings (SSSR count). The van der Waals surface area contributed by atoms with Crippen LogP contribution < -0.4 is 10.2 Å². The van der Waals surface area contributed by atoms with Crippen LogP contribution in [0, 0.1) is 0 Å². The molecule has 0 saturated carbocycles. The van der Waals surface area contributed by atoms with Crippen LogP contribution in [0.15, 0.2) is 24.3 Å². The molecule has 3 heteroatoms. The van der Waals surface area contributed by atoms with Crippen molar-refractivity contribution in [2.75, 3.05) is 45.7 Å². The maximum absolute atomic E-state index is 3.44. The molecule has 1 unspecified atom stereocenters. The highest BCUT2D eigenvalue weighted by Crippen LogP contribution is 2.18. The third-order valence-electron chi connectivity index (χ3n) is 3.44. The molecule has 19 heavy (non-hydrogen) atoms. The summed E-state index contributed by atoms with van der Waals surface area (Å²) in [6, 6.07) is 9.33. The molecule has 1 aromatic rings. The number of hydrogen-bond donors (Lipinski definition) is 1. The number of benzene rings is 1. The first-order valence-electron chi connectivity index (χ1n) is 7.23. The lowest BCUT2D eigenvalue weighted by Gasteiger charge is -2.21. The maximum atomic E-state index is 3.44. The third kappa shape index (κ3) is 5.62. The fraction of sp³-hybridized carbons (Fsp3) is 0.625. The van der Waals surface area contributed by atoms with E-state index in [1.807, 2.05) is 0 Å². The van der Waals surface area contributed by atoms with Gasteiger partial charge in [-0.15, -0.1) is 0 Å². The molecule has 0 aromatic heterocycles. The van der Waals surface area contributed by atoms with E-state index in [2.05, 4.69) is 74.4 Å². The molecule has 0 bridgehead atoms. The SMILES string of the molecule is CCNC(C)c1ccc(N(C)CCCN(C)C)cc1. The minimum absolute atomic E-state index is 0.429. The van der Waals surface area contributed by atoms with Gasteiger partial charge in [-0.3, -0.25) is 0 Å². The Balaban J connectivity index is 2.50. The van der Waals surface area contributed by atoms with Crippen molar-refractivity contribution in [3.05, 3.63) is 29.8 Å². The third-order valence-corrected chi connectivity index (χ3v) is 3.44. The van der Waals surface area contributed by atoms with Gasteiger partial charge in [0.1, 0.15) is 0 Å². The number of rotatable bonds is 8. The minimum atomic E-state index is 0.429. The number of nitrogens with one attached hydrogen (secondary N) is 1. The van der Waals surface area contributed by atoms with Gasteiger partial charge in [-0.1, -0.05) is 19.1 Å². The summed E-state index contributed by atoms with van der Waals surface area (Å²) >= 11 is 0. The molecule has 0 saturated heterocycles. The van der Waals surface area contributed by atoms with E-state index in [-0.39, 0.29) is 0 Å². The summed E-state index contributed by atoms with van der Waals surface area (Å²) in [6.07, 6.45) is 1.19. The zero-order valence-electron chi connectivity index (χ0n) is 13.1. The van der Waals surface area contributed by atoms with Crippen LogP contribution in [-0.4, -0.2) is 45.7 Å². The van der Waals surface area contributed by atoms with Crippen LogP contribution >= 0.6 is 0 Å². The predicted octanol–water partition coefficient (Wildman–Crippen LogP) is 2.75. The van der Waals surface area contributed by atoms with E-state index >= 15 is 0 Å². The van der Waals surface area contributed by atoms with Gasteiger partial charge in [0, 0.05) is 25.3 Å². The van der Waals surface area contributed by atoms with Crippen molar-refractivity contribution >= 4 is 5.69 Å². The van der Waals surface area contributed by atoms with Gasteiger partial charge in [-0.25, -0.2) is 0 Å². The van der Waals surface area contributed by atoms with Crippen molar-refractivity contribution in [2.24, 2.45) is 0 Å². The van der Waals surface area contributed by atoms with Gasteiger partial charge in [0.2, 0.25) is 0 Å². The zero-order chi connectivity index (χ0) is 14.3. The molecule has 0 aliphatic rings. The summed E-state index contributed by atoms with van der Waals surface area (Å²) in [5.41, 5.74) is 2.65. The Morgan fingerprint density at radius 2 is 1.68 bits per heavy atom. The largest absolute Gasteiger partial charge is 0.375 e. The molecule has 108 valence electrons. The smallest absolute Gasteiger partial charge is 0.0363 e. The molecular formula is C16H29N3. The number of nitrogens with zero attached hydrogens (tertiary/aromatic N) is 2. The normalized spacial score (nSPS) is 12.7. The van der Waals surface area contributed by atoms with Crippen molar-refractivity contribution in [3.8, 4) is 0 Å². The molecule has 0 fully saturated rings. The van der Waals surface area contributed by atoms with E-state index in [1.165, 1.54) is 17.7 Å². The first-order chi connectivity index (χ1) is 9.04. The Bertz CT molecular complexity index is 346. The van der Waals surface area contributed by atoms with Gasteiger partial charge >= 0.3 is 0 Å². The summed E-state index contributed by atoms with van der Waals surface area (Å²) < 4.78 is 0. The summed E-state index contributed by atoms with van der Waals surface area (Å²) in [5.74, 6) is 0. The molecule has 1 aromatic carbocycles. The Labute approximate surface area is 118 Å². The Morgan fingerprint density at radius 3 is 2.21 bits per heavy atom. The molecule has 1 atom stereocenters. The van der Waals surface area contributed by atoms with Crippen molar-refractivity contribution in [1.29, 1.82) is 0 Å². The summed E-state index contributed by atoms with van der Waals surface area (Å²) in [7, 11) is 6.41. The molecule has 0 aliphatic carbocycles. The van der Waals surface area contributed by atoms with Gasteiger partial charge in [0.25, 0.3) is 0 Å². The lowest BCUT2D eigenvalue weighted by atomic mass is 10.1. The Kier molecular flexibility index (Phi) is 6.89. The first-order valence-corrected chi connectivity index (χ1v) is 7.23. The van der Waals surface area contributed by atoms with E-state index in [0.717, 1.165) is 19.6 Å². The quantitative estimate of drug-likeness (QED) is 0.778. The van der Waals surface area contributed by atoms with E-state index in [4.69, 9.17) is 0 Å². The van der Waals surface area contributed by atoms with E-state index < -0.39 is 0 Å². The molecule has 0 heterocycles. The number of anilines is 1. The number of hydrogen-bond acceptors (Lipinski definition) is 3. The van der Waals surface area contributed by atoms with Gasteiger partial charge in [0.05, 0.1) is 0 Å². The van der Waals surface area contributed by atoms with Crippen molar-refractivity contribution in [3.63, 3.8) is 0 Å². The van der Waals surface area contributed by atoms with Crippen LogP contribution in [-0.2, 0) is 0 Å². The monoisotopic (exact) mass is 263 g/mol. The van der Waals surface area contributed by atoms with Crippen LogP contribution in [0.2, 0.25) is 0 Å². The highest BCUT2D eigenvalue weighted by Gasteiger charge is 2.05. The van der Waals surface area contributed by atoms with Crippen LogP contribution in [0.25, 0.3) is 0 Å². The summed E-state index contributed by atoms with van der Waals surface area (Å²) in [6.45, 7) is 7.59. The fourth-order valence-corrected chi connectivity index (χ4v) is 2.19. The molecule has 0 radical (unpaired) electrons. The van der Waals surface area contributed by atoms with Gasteiger partial charge in [0.15, 0.2) is 0 Å². The van der Waals surface area contributed by atoms with E-state index in [1.54, 1.807) is 0 Å². The van der Waals surface area contributed by atoms with Gasteiger partial charge in [-0.2, -0.15) is 0 Å². The van der Waals surface area contributed by atoms with E-state index in [9.17, 15) is 0 Å². The van der Waals surface area contributed by atoms with Gasteiger partial charge < -0.3 is 15.1 Å². The Hall–Kier alpha value is -1.06. The second-order valence-electron chi connectivity index (χ2n) is 5.45. The summed E-state index contributed by atoms with van der Waals surface area (Å²) in [4.78, 5) is 4.56. The van der Waals surface area contributed by atoms with Crippen LogP contribution in [0.1, 0.15) is 31.9 Å². The second-order valence-corrected chi connectivity index (χ2v) is 5.45.